The number of nitrogens with two attached hydrogens (primary N) is 1. The Hall–Kier alpha value is -5.14. The van der Waals surface area contributed by atoms with Crippen molar-refractivity contribution in [3.63, 3.8) is 0 Å². The summed E-state index contributed by atoms with van der Waals surface area (Å²) in [5.74, 6) is 1.04. The van der Waals surface area contributed by atoms with Crippen LogP contribution >= 0.6 is 23.2 Å². The predicted octanol–water partition coefficient (Wildman–Crippen LogP) is 6.55. The predicted molar refractivity (Wildman–Crippen MR) is 242 cm³/mol. The minimum absolute atomic E-state index is 0.0449. The summed E-state index contributed by atoms with van der Waals surface area (Å²) < 4.78 is 5.51. The molecular weight excluding hydrogens is 803 g/mol. The molecule has 1 aliphatic rings. The number of nitrogens with one attached hydrogen (secondary N) is 3. The van der Waals surface area contributed by atoms with Gasteiger partial charge in [0.25, 0.3) is 5.91 Å². The van der Waals surface area contributed by atoms with Gasteiger partial charge in [-0.15, -0.1) is 11.6 Å². The van der Waals surface area contributed by atoms with Gasteiger partial charge in [0.2, 0.25) is 17.1 Å². The number of benzene rings is 4. The van der Waals surface area contributed by atoms with Crippen LogP contribution in [0.5, 0.6) is 11.5 Å². The molecule has 0 unspecified atom stereocenters. The molecule has 3 amide bonds. The average molecular weight is 864 g/mol. The highest BCUT2D eigenvalue weighted by atomic mass is 35.5. The third-order valence-corrected chi connectivity index (χ3v) is 10.6. The van der Waals surface area contributed by atoms with Crippen LogP contribution in [0.3, 0.4) is 0 Å². The summed E-state index contributed by atoms with van der Waals surface area (Å²) in [7, 11) is 8.00. The van der Waals surface area contributed by atoms with E-state index >= 15 is 0 Å². The Balaban J connectivity index is 0.000000289. The molecule has 4 aromatic carbocycles. The maximum absolute atomic E-state index is 12.4. The lowest BCUT2D eigenvalue weighted by Crippen LogP contribution is -2.41. The van der Waals surface area contributed by atoms with E-state index in [9.17, 15) is 24.3 Å². The Morgan fingerprint density at radius 1 is 0.767 bits per heavy atom. The van der Waals surface area contributed by atoms with Gasteiger partial charge in [-0.3, -0.25) is 19.2 Å². The lowest BCUT2D eigenvalue weighted by Gasteiger charge is -2.26. The maximum Gasteiger partial charge on any atom is 0.262 e. The molecule has 0 aliphatic carbocycles. The molecule has 0 fully saturated rings. The van der Waals surface area contributed by atoms with Crippen LogP contribution in [0.15, 0.2) is 97.1 Å². The van der Waals surface area contributed by atoms with Crippen LogP contribution in [0.4, 0.5) is 11.4 Å². The number of hydrogen-bond donors (Lipinski definition) is 5. The van der Waals surface area contributed by atoms with E-state index in [4.69, 9.17) is 33.7 Å². The van der Waals surface area contributed by atoms with Crippen molar-refractivity contribution in [1.82, 2.24) is 20.4 Å². The second-order valence-corrected chi connectivity index (χ2v) is 16.0. The number of ether oxygens (including phenoxy) is 1. The Bertz CT molecular complexity index is 1970. The van der Waals surface area contributed by atoms with Crippen LogP contribution < -0.4 is 26.4 Å². The first-order chi connectivity index (χ1) is 28.6. The second kappa shape index (κ2) is 25.5. The molecule has 5 rings (SSSR count). The summed E-state index contributed by atoms with van der Waals surface area (Å²) in [6.45, 7) is 5.31. The molecule has 60 heavy (non-hydrogen) atoms. The van der Waals surface area contributed by atoms with Crippen LogP contribution in [0.2, 0.25) is 0 Å². The first kappa shape index (κ1) is 49.2. The van der Waals surface area contributed by atoms with E-state index in [1.54, 1.807) is 12.1 Å². The van der Waals surface area contributed by atoms with E-state index in [0.717, 1.165) is 24.0 Å². The first-order valence-corrected chi connectivity index (χ1v) is 20.8. The summed E-state index contributed by atoms with van der Waals surface area (Å²) in [6, 6.07) is 31.6. The fourth-order valence-corrected chi connectivity index (χ4v) is 6.34. The van der Waals surface area contributed by atoms with Crippen LogP contribution in [0, 0.1) is 0 Å². The Labute approximate surface area is 364 Å². The van der Waals surface area contributed by atoms with Crippen molar-refractivity contribution in [2.45, 2.75) is 63.5 Å². The van der Waals surface area contributed by atoms with E-state index < -0.39 is 5.24 Å². The molecule has 6 N–H and O–H groups in total. The summed E-state index contributed by atoms with van der Waals surface area (Å²) in [6.07, 6.45) is 2.42. The molecule has 0 radical (unpaired) electrons. The number of nitrogen functional groups attached to an aromatic ring is 1. The van der Waals surface area contributed by atoms with Gasteiger partial charge in [-0.05, 0) is 111 Å². The molecule has 0 saturated carbocycles. The van der Waals surface area contributed by atoms with E-state index in [1.165, 1.54) is 11.1 Å². The standard InChI is InChI=1S/C23H29N3O3.C21H29N3O2.C2H2Cl2O/c1-16(18-7-5-4-6-8-18)11-22(27)24-14-19(26(2)3)12-17-9-10-20-21(13-17)29-15-23(28)25-20;1-15(17-7-5-4-6-8-17)11-21(26)23-14-18(24(2)3)12-16-9-10-19(22)20(25)13-16;3-1-2(4)5/h4-10,13,16,19H,11-12,14-15H2,1-3H3,(H,24,27)(H,25,28);4-10,13,15,18,25H,11-12,14,22H2,1-3H3,(H,23,26);1H2/t16-,19-;15-,18-;/m00./s1. The van der Waals surface area contributed by atoms with Gasteiger partial charge in [0.1, 0.15) is 11.5 Å². The topological polar surface area (TPSA) is 166 Å². The van der Waals surface area contributed by atoms with Gasteiger partial charge < -0.3 is 41.3 Å². The number of aromatic hydroxyl groups is 1. The number of alkyl halides is 1. The first-order valence-electron chi connectivity index (χ1n) is 19.9. The monoisotopic (exact) mass is 862 g/mol. The van der Waals surface area contributed by atoms with Crippen molar-refractivity contribution >= 4 is 57.5 Å². The number of rotatable bonds is 17. The smallest absolute Gasteiger partial charge is 0.262 e. The highest BCUT2D eigenvalue weighted by molar-refractivity contribution is 6.67. The summed E-state index contributed by atoms with van der Waals surface area (Å²) in [5.41, 5.74) is 11.2. The SMILES string of the molecule is C[C@@H](CC(=O)NC[C@H](Cc1ccc(N)c(O)c1)N(C)C)c1ccccc1.C[C@@H](CC(=O)NC[C@H](Cc1ccc2c(c1)OCC(=O)N2)N(C)C)c1ccccc1.O=C(Cl)CCl. The second-order valence-electron chi connectivity index (χ2n) is 15.3. The molecule has 1 heterocycles. The fourth-order valence-electron chi connectivity index (χ4n) is 6.34. The molecule has 4 aromatic rings. The van der Waals surface area contributed by atoms with Gasteiger partial charge >= 0.3 is 0 Å². The lowest BCUT2D eigenvalue weighted by molar-refractivity contribution is -0.122. The number of carbonyl (C=O) groups is 4. The summed E-state index contributed by atoms with van der Waals surface area (Å²) >= 11 is 9.55. The Kier molecular flexibility index (Phi) is 20.9. The van der Waals surface area contributed by atoms with Crippen LogP contribution in [0.1, 0.15) is 60.8 Å². The number of nitrogens with zero attached hydrogens (tertiary/aromatic N) is 2. The zero-order valence-corrected chi connectivity index (χ0v) is 36.9. The lowest BCUT2D eigenvalue weighted by atomic mass is 9.97. The van der Waals surface area contributed by atoms with E-state index in [-0.39, 0.29) is 59.9 Å². The van der Waals surface area contributed by atoms with Crippen molar-refractivity contribution in [3.8, 4) is 11.5 Å². The normalized spacial score (nSPS) is 13.7. The van der Waals surface area contributed by atoms with Crippen LogP contribution in [-0.2, 0) is 32.0 Å². The van der Waals surface area contributed by atoms with E-state index in [1.807, 2.05) is 101 Å². The number of likely N-dealkylation sites (N-methyl/N-ethyl adjacent to an activating group) is 2. The van der Waals surface area contributed by atoms with Crippen molar-refractivity contribution in [1.29, 1.82) is 0 Å². The van der Waals surface area contributed by atoms with Crippen molar-refractivity contribution < 1.29 is 29.0 Å². The number of phenols is 1. The minimum atomic E-state index is -0.508. The van der Waals surface area contributed by atoms with Gasteiger partial charge in [-0.2, -0.15) is 0 Å². The van der Waals surface area contributed by atoms with Gasteiger partial charge in [-0.1, -0.05) is 86.6 Å². The van der Waals surface area contributed by atoms with Crippen LogP contribution in [0.25, 0.3) is 0 Å². The Morgan fingerprint density at radius 2 is 1.22 bits per heavy atom. The highest BCUT2D eigenvalue weighted by Crippen LogP contribution is 2.29. The quantitative estimate of drug-likeness (QED) is 0.0343. The molecule has 0 aromatic heterocycles. The molecule has 12 nitrogen and oxygen atoms in total. The number of amides is 3. The zero-order valence-electron chi connectivity index (χ0n) is 35.4. The summed E-state index contributed by atoms with van der Waals surface area (Å²) in [4.78, 5) is 49.8. The van der Waals surface area contributed by atoms with E-state index in [0.29, 0.717) is 43.1 Å². The molecule has 0 saturated heterocycles. The number of fused-ring (bicyclic) bond motifs is 1. The van der Waals surface area contributed by atoms with Crippen molar-refractivity contribution in [2.75, 3.05) is 64.8 Å². The number of anilines is 2. The van der Waals surface area contributed by atoms with Crippen LogP contribution in [-0.4, -0.2) is 104 Å². The van der Waals surface area contributed by atoms with Gasteiger partial charge in [0, 0.05) is 38.0 Å². The zero-order chi connectivity index (χ0) is 44.2. The van der Waals surface area contributed by atoms with Crippen molar-refractivity contribution in [3.05, 3.63) is 119 Å². The molecule has 324 valence electrons. The molecule has 4 atom stereocenters. The fraction of sp³-hybridized carbons (Fsp3) is 0.391. The third kappa shape index (κ3) is 17.6. The maximum atomic E-state index is 12.4. The molecular formula is C46H60Cl2N6O6. The number of halogens is 2. The highest BCUT2D eigenvalue weighted by Gasteiger charge is 2.20. The minimum Gasteiger partial charge on any atom is -0.506 e. The number of carbonyl (C=O) groups excluding carboxylic acids is 4. The number of phenolic OH excluding ortho intramolecular Hbond substituents is 1. The molecule has 14 heteroatoms. The molecule has 1 aliphatic heterocycles. The van der Waals surface area contributed by atoms with Crippen molar-refractivity contribution in [2.24, 2.45) is 0 Å². The van der Waals surface area contributed by atoms with E-state index in [2.05, 4.69) is 51.7 Å². The molecule has 0 bridgehead atoms. The largest absolute Gasteiger partial charge is 0.506 e. The summed E-state index contributed by atoms with van der Waals surface area (Å²) in [5, 5.41) is 18.2. The van der Waals surface area contributed by atoms with Gasteiger partial charge in [0.15, 0.2) is 6.61 Å². The van der Waals surface area contributed by atoms with Gasteiger partial charge in [-0.25, -0.2) is 0 Å². The van der Waals surface area contributed by atoms with Gasteiger partial charge in [0.05, 0.1) is 17.3 Å². The Morgan fingerprint density at radius 3 is 1.65 bits per heavy atom. The third-order valence-electron chi connectivity index (χ3n) is 10.1. The number of hydrogen-bond acceptors (Lipinski definition) is 9. The average Bonchev–Trinajstić information content (AvgIpc) is 3.23. The molecule has 0 spiro atoms.